The van der Waals surface area contributed by atoms with Crippen molar-refractivity contribution in [1.82, 2.24) is 20.0 Å². The van der Waals surface area contributed by atoms with Crippen molar-refractivity contribution < 1.29 is 9.47 Å². The van der Waals surface area contributed by atoms with Crippen LogP contribution in [0.3, 0.4) is 0 Å². The highest BCUT2D eigenvalue weighted by Gasteiger charge is 2.11. The fourth-order valence-corrected chi connectivity index (χ4v) is 3.01. The van der Waals surface area contributed by atoms with E-state index in [4.69, 9.17) is 26.8 Å². The molecule has 0 atom stereocenters. The summed E-state index contributed by atoms with van der Waals surface area (Å²) in [5.41, 5.74) is 16.0. The minimum absolute atomic E-state index is 0.0349. The van der Waals surface area contributed by atoms with Gasteiger partial charge in [-0.15, -0.1) is 0 Å². The van der Waals surface area contributed by atoms with E-state index >= 15 is 0 Å². The number of methoxy groups -OCH3 is 2. The van der Waals surface area contributed by atoms with Crippen molar-refractivity contribution in [2.75, 3.05) is 20.0 Å². The Morgan fingerprint density at radius 2 is 1.91 bits per heavy atom. The summed E-state index contributed by atoms with van der Waals surface area (Å²) in [7, 11) is 3.14. The molecule has 10 nitrogen and oxygen atoms in total. The van der Waals surface area contributed by atoms with E-state index in [1.165, 1.54) is 12.1 Å². The van der Waals surface area contributed by atoms with E-state index in [2.05, 4.69) is 21.0 Å². The third kappa shape index (κ3) is 5.69. The Labute approximate surface area is 185 Å². The predicted molar refractivity (Wildman–Crippen MR) is 120 cm³/mol. The highest BCUT2D eigenvalue weighted by atomic mass is 16.5. The molecule has 0 saturated heterocycles. The molecular formula is C22H24N8O2. The van der Waals surface area contributed by atoms with Gasteiger partial charge in [0.15, 0.2) is 0 Å². The van der Waals surface area contributed by atoms with Crippen LogP contribution in [0, 0.1) is 11.3 Å². The molecule has 32 heavy (non-hydrogen) atoms. The molecule has 1 aromatic carbocycles. The summed E-state index contributed by atoms with van der Waals surface area (Å²) in [6.45, 7) is 0.740. The van der Waals surface area contributed by atoms with Gasteiger partial charge in [-0.25, -0.2) is 15.8 Å². The number of anilines is 1. The molecule has 0 aliphatic carbocycles. The molecule has 0 amide bonds. The van der Waals surface area contributed by atoms with E-state index in [0.717, 1.165) is 11.4 Å². The first-order valence-corrected chi connectivity index (χ1v) is 9.58. The average Bonchev–Trinajstić information content (AvgIpc) is 2.78. The maximum atomic E-state index is 9.27. The summed E-state index contributed by atoms with van der Waals surface area (Å²) in [5, 5.41) is 10.7. The summed E-state index contributed by atoms with van der Waals surface area (Å²) in [6, 6.07) is 14.5. The van der Waals surface area contributed by atoms with E-state index in [9.17, 15) is 5.26 Å². The number of hydrogen-bond acceptors (Lipinski definition) is 10. The van der Waals surface area contributed by atoms with Gasteiger partial charge in [0.25, 0.3) is 0 Å². The third-order valence-electron chi connectivity index (χ3n) is 4.41. The van der Waals surface area contributed by atoms with Gasteiger partial charge in [-0.3, -0.25) is 4.98 Å². The summed E-state index contributed by atoms with van der Waals surface area (Å²) >= 11 is 0. The number of rotatable bonds is 8. The molecule has 2 heterocycles. The second kappa shape index (κ2) is 10.2. The largest absolute Gasteiger partial charge is 0.497 e. The van der Waals surface area contributed by atoms with Crippen LogP contribution >= 0.6 is 0 Å². The van der Waals surface area contributed by atoms with Crippen LogP contribution in [-0.2, 0) is 17.9 Å². The second-order valence-corrected chi connectivity index (χ2v) is 6.87. The SMILES string of the molecule is COCc1cccc(CN(N)/C=C(\N)c2cc(-c3cc(C#N)cc(OC)c3)nc(N)n2)n1. The van der Waals surface area contributed by atoms with Crippen molar-refractivity contribution in [2.45, 2.75) is 13.2 Å². The fourth-order valence-electron chi connectivity index (χ4n) is 3.01. The van der Waals surface area contributed by atoms with Crippen molar-refractivity contribution >= 4 is 11.6 Å². The van der Waals surface area contributed by atoms with Gasteiger partial charge >= 0.3 is 0 Å². The van der Waals surface area contributed by atoms with Crippen LogP contribution < -0.4 is 22.0 Å². The summed E-state index contributed by atoms with van der Waals surface area (Å²) in [6.07, 6.45) is 1.54. The lowest BCUT2D eigenvalue weighted by Crippen LogP contribution is -2.26. The van der Waals surface area contributed by atoms with Crippen LogP contribution in [0.2, 0.25) is 0 Å². The molecule has 0 fully saturated rings. The normalized spacial score (nSPS) is 11.1. The molecule has 0 bridgehead atoms. The van der Waals surface area contributed by atoms with Crippen molar-refractivity contribution in [2.24, 2.45) is 11.6 Å². The van der Waals surface area contributed by atoms with Gasteiger partial charge in [0.05, 0.1) is 60.4 Å². The highest BCUT2D eigenvalue weighted by Crippen LogP contribution is 2.26. The molecule has 0 radical (unpaired) electrons. The first-order chi connectivity index (χ1) is 15.4. The number of nitrogens with two attached hydrogens (primary N) is 3. The van der Waals surface area contributed by atoms with Crippen LogP contribution in [0.1, 0.15) is 22.6 Å². The van der Waals surface area contributed by atoms with Crippen LogP contribution in [0.4, 0.5) is 5.95 Å². The van der Waals surface area contributed by atoms with E-state index in [0.29, 0.717) is 47.1 Å². The number of aromatic nitrogens is 3. The van der Waals surface area contributed by atoms with Crippen molar-refractivity contribution in [1.29, 1.82) is 5.26 Å². The standard InChI is InChI=1S/C22H24N8O2/c1-31-13-17-5-3-4-16(27-17)11-30(26)12-19(24)21-9-20(28-22(25)29-21)15-6-14(10-23)7-18(8-15)32-2/h3-9,12H,11,13,24,26H2,1-2H3,(H2,25,28,29)/b19-12-. The predicted octanol–water partition coefficient (Wildman–Crippen LogP) is 1.78. The minimum atomic E-state index is 0.0349. The molecule has 0 saturated carbocycles. The average molecular weight is 432 g/mol. The van der Waals surface area contributed by atoms with E-state index in [1.54, 1.807) is 37.6 Å². The van der Waals surface area contributed by atoms with Crippen LogP contribution in [-0.4, -0.2) is 34.2 Å². The quantitative estimate of drug-likeness (QED) is 0.353. The van der Waals surface area contributed by atoms with Crippen LogP contribution in [0.25, 0.3) is 17.0 Å². The van der Waals surface area contributed by atoms with Gasteiger partial charge in [0.1, 0.15) is 5.75 Å². The van der Waals surface area contributed by atoms with Gasteiger partial charge in [-0.05, 0) is 36.4 Å². The maximum absolute atomic E-state index is 9.27. The number of hydrogen-bond donors (Lipinski definition) is 3. The monoisotopic (exact) mass is 432 g/mol. The zero-order valence-electron chi connectivity index (χ0n) is 17.8. The molecule has 2 aromatic heterocycles. The van der Waals surface area contributed by atoms with Gasteiger partial charge < -0.3 is 25.9 Å². The second-order valence-electron chi connectivity index (χ2n) is 6.87. The Morgan fingerprint density at radius 1 is 1.12 bits per heavy atom. The lowest BCUT2D eigenvalue weighted by Gasteiger charge is -2.15. The molecule has 0 aliphatic rings. The number of nitrogen functional groups attached to an aromatic ring is 1. The van der Waals surface area contributed by atoms with Crippen molar-refractivity contribution in [3.8, 4) is 23.1 Å². The fraction of sp³-hybridized carbons (Fsp3) is 0.182. The topological polar surface area (TPSA) is 162 Å². The zero-order chi connectivity index (χ0) is 23.1. The molecule has 0 aliphatic heterocycles. The van der Waals surface area contributed by atoms with Crippen molar-refractivity contribution in [3.63, 3.8) is 0 Å². The van der Waals surface area contributed by atoms with E-state index in [1.807, 2.05) is 18.2 Å². The maximum Gasteiger partial charge on any atom is 0.221 e. The van der Waals surface area contributed by atoms with Crippen LogP contribution in [0.15, 0.2) is 48.7 Å². The zero-order valence-corrected chi connectivity index (χ0v) is 17.8. The van der Waals surface area contributed by atoms with Gasteiger partial charge in [0.2, 0.25) is 5.95 Å². The summed E-state index contributed by atoms with van der Waals surface area (Å²) in [4.78, 5) is 13.0. The Hall–Kier alpha value is -4.20. The number of benzene rings is 1. The Morgan fingerprint density at radius 3 is 2.62 bits per heavy atom. The highest BCUT2D eigenvalue weighted by molar-refractivity contribution is 5.70. The molecule has 0 unspecified atom stereocenters. The Balaban J connectivity index is 1.86. The number of nitrogens with zero attached hydrogens (tertiary/aromatic N) is 5. The summed E-state index contributed by atoms with van der Waals surface area (Å²) in [5.74, 6) is 6.67. The first-order valence-electron chi connectivity index (χ1n) is 9.58. The molecule has 6 N–H and O–H groups in total. The van der Waals surface area contributed by atoms with E-state index < -0.39 is 0 Å². The first kappa shape index (κ1) is 22.5. The number of ether oxygens (including phenoxy) is 2. The van der Waals surface area contributed by atoms with Gasteiger partial charge in [0, 0.05) is 18.9 Å². The Bertz CT molecular complexity index is 1170. The van der Waals surface area contributed by atoms with E-state index in [-0.39, 0.29) is 5.95 Å². The number of hydrazine groups is 1. The molecule has 3 aromatic rings. The molecular weight excluding hydrogens is 408 g/mol. The van der Waals surface area contributed by atoms with Gasteiger partial charge in [-0.2, -0.15) is 5.26 Å². The van der Waals surface area contributed by atoms with Crippen molar-refractivity contribution in [3.05, 3.63) is 71.3 Å². The molecule has 3 rings (SSSR count). The minimum Gasteiger partial charge on any atom is -0.497 e. The molecule has 0 spiro atoms. The van der Waals surface area contributed by atoms with Gasteiger partial charge in [-0.1, -0.05) is 6.07 Å². The lowest BCUT2D eigenvalue weighted by atomic mass is 10.1. The number of pyridine rings is 1. The lowest BCUT2D eigenvalue weighted by molar-refractivity contribution is 0.181. The summed E-state index contributed by atoms with van der Waals surface area (Å²) < 4.78 is 10.4. The molecule has 10 heteroatoms. The Kier molecular flexibility index (Phi) is 7.17. The molecule has 164 valence electrons. The third-order valence-corrected chi connectivity index (χ3v) is 4.41. The smallest absolute Gasteiger partial charge is 0.221 e. The number of nitriles is 1. The van der Waals surface area contributed by atoms with Crippen LogP contribution in [0.5, 0.6) is 5.75 Å².